The van der Waals surface area contributed by atoms with Gasteiger partial charge in [-0.15, -0.1) is 0 Å². The summed E-state index contributed by atoms with van der Waals surface area (Å²) >= 11 is 0. The third-order valence-corrected chi connectivity index (χ3v) is 4.28. The van der Waals surface area contributed by atoms with Crippen molar-refractivity contribution in [2.24, 2.45) is 0 Å². The van der Waals surface area contributed by atoms with Crippen LogP contribution in [0.2, 0.25) is 0 Å². The fourth-order valence-corrected chi connectivity index (χ4v) is 2.91. The number of hydrogen-bond donors (Lipinski definition) is 1. The minimum absolute atomic E-state index is 0.156. The number of methoxy groups -OCH3 is 2. The lowest BCUT2D eigenvalue weighted by Gasteiger charge is -2.13. The Morgan fingerprint density at radius 2 is 1.89 bits per heavy atom. The number of ether oxygens (including phenoxy) is 3. The number of nitrogens with one attached hydrogen (secondary N) is 1. The molecular weight excluding hydrogens is 348 g/mol. The second-order valence-corrected chi connectivity index (χ2v) is 6.12. The van der Waals surface area contributed by atoms with Crippen LogP contribution in [0.25, 0.3) is 0 Å². The molecule has 0 aromatic heterocycles. The molecule has 1 atom stereocenters. The molecule has 3 rings (SSSR count). The van der Waals surface area contributed by atoms with E-state index in [1.807, 2.05) is 36.4 Å². The predicted molar refractivity (Wildman–Crippen MR) is 100 cm³/mol. The molecule has 1 N–H and O–H groups in total. The lowest BCUT2D eigenvalue weighted by molar-refractivity contribution is -0.120. The number of rotatable bonds is 7. The van der Waals surface area contributed by atoms with Crippen molar-refractivity contribution in [3.63, 3.8) is 0 Å². The molecule has 2 aromatic carbocycles. The van der Waals surface area contributed by atoms with Gasteiger partial charge in [0.1, 0.15) is 6.10 Å². The summed E-state index contributed by atoms with van der Waals surface area (Å²) in [6.45, 7) is 0.667. The van der Waals surface area contributed by atoms with Gasteiger partial charge in [0.25, 0.3) is 0 Å². The Kier molecular flexibility index (Phi) is 5.80. The Bertz CT molecular complexity index is 809. The molecule has 1 aliphatic heterocycles. The molecule has 1 unspecified atom stereocenters. The lowest BCUT2D eigenvalue weighted by Crippen LogP contribution is -2.35. The number of nitrogens with zero attached hydrogens (tertiary/aromatic N) is 1. The Hall–Kier alpha value is -3.22. The molecule has 7 nitrogen and oxygen atoms in total. The fraction of sp³-hybridized carbons (Fsp3) is 0.300. The number of hydrogen-bond acceptors (Lipinski definition) is 5. The van der Waals surface area contributed by atoms with Crippen LogP contribution in [0.4, 0.5) is 10.5 Å². The van der Waals surface area contributed by atoms with Gasteiger partial charge in [-0.05, 0) is 29.8 Å². The summed E-state index contributed by atoms with van der Waals surface area (Å²) in [4.78, 5) is 25.8. The Balaban J connectivity index is 1.52. The summed E-state index contributed by atoms with van der Waals surface area (Å²) < 4.78 is 15.8. The van der Waals surface area contributed by atoms with E-state index in [0.29, 0.717) is 18.0 Å². The lowest BCUT2D eigenvalue weighted by atomic mass is 10.1. The van der Waals surface area contributed by atoms with Crippen molar-refractivity contribution < 1.29 is 23.8 Å². The number of anilines is 1. The number of carbonyl (C=O) groups is 2. The van der Waals surface area contributed by atoms with E-state index < -0.39 is 6.09 Å². The van der Waals surface area contributed by atoms with Gasteiger partial charge in [-0.25, -0.2) is 4.79 Å². The summed E-state index contributed by atoms with van der Waals surface area (Å²) in [6, 6.07) is 14.6. The van der Waals surface area contributed by atoms with Crippen molar-refractivity contribution >= 4 is 17.7 Å². The van der Waals surface area contributed by atoms with Gasteiger partial charge in [0.15, 0.2) is 11.5 Å². The monoisotopic (exact) mass is 370 g/mol. The molecule has 7 heteroatoms. The normalized spacial score (nSPS) is 16.0. The summed E-state index contributed by atoms with van der Waals surface area (Å²) in [5, 5.41) is 2.82. The Morgan fingerprint density at radius 1 is 1.15 bits per heavy atom. The molecule has 0 spiro atoms. The van der Waals surface area contributed by atoms with Gasteiger partial charge < -0.3 is 19.5 Å². The first-order valence-electron chi connectivity index (χ1n) is 8.61. The number of para-hydroxylation sites is 1. The average molecular weight is 370 g/mol. The third-order valence-electron chi connectivity index (χ3n) is 4.28. The summed E-state index contributed by atoms with van der Waals surface area (Å²) in [5.74, 6) is 1.03. The van der Waals surface area contributed by atoms with Crippen LogP contribution in [0.1, 0.15) is 5.56 Å². The Labute approximate surface area is 157 Å². The molecule has 1 fully saturated rings. The molecule has 1 heterocycles. The van der Waals surface area contributed by atoms with Crippen molar-refractivity contribution in [1.82, 2.24) is 5.32 Å². The zero-order valence-corrected chi connectivity index (χ0v) is 15.3. The van der Waals surface area contributed by atoms with Crippen LogP contribution in [0.3, 0.4) is 0 Å². The first-order chi connectivity index (χ1) is 13.1. The highest BCUT2D eigenvalue weighted by molar-refractivity contribution is 5.89. The van der Waals surface area contributed by atoms with Crippen molar-refractivity contribution in [1.29, 1.82) is 0 Å². The molecular formula is C20H22N2O5. The SMILES string of the molecule is COc1ccc(CC(=O)NCC2CN(c3ccccc3)C(=O)O2)cc1OC. The molecule has 0 aliphatic carbocycles. The maximum atomic E-state index is 12.2. The quantitative estimate of drug-likeness (QED) is 0.810. The van der Waals surface area contributed by atoms with E-state index in [1.54, 1.807) is 31.3 Å². The maximum Gasteiger partial charge on any atom is 0.414 e. The highest BCUT2D eigenvalue weighted by atomic mass is 16.6. The van der Waals surface area contributed by atoms with E-state index in [4.69, 9.17) is 14.2 Å². The Morgan fingerprint density at radius 3 is 2.59 bits per heavy atom. The molecule has 2 amide bonds. The summed E-state index contributed by atoms with van der Waals surface area (Å²) in [5.41, 5.74) is 1.58. The summed E-state index contributed by atoms with van der Waals surface area (Å²) in [7, 11) is 3.11. The number of cyclic esters (lactones) is 1. The second kappa shape index (κ2) is 8.44. The molecule has 0 bridgehead atoms. The van der Waals surface area contributed by atoms with Gasteiger partial charge in [0.05, 0.1) is 33.7 Å². The van der Waals surface area contributed by atoms with Gasteiger partial charge in [-0.2, -0.15) is 0 Å². The zero-order valence-electron chi connectivity index (χ0n) is 15.3. The van der Waals surface area contributed by atoms with E-state index >= 15 is 0 Å². The fourth-order valence-electron chi connectivity index (χ4n) is 2.91. The standard InChI is InChI=1S/C20H22N2O5/c1-25-17-9-8-14(10-18(17)26-2)11-19(23)21-12-16-13-22(20(24)27-16)15-6-4-3-5-7-15/h3-10,16H,11-13H2,1-2H3,(H,21,23). The first kappa shape index (κ1) is 18.6. The van der Waals surface area contributed by atoms with Gasteiger partial charge >= 0.3 is 6.09 Å². The first-order valence-corrected chi connectivity index (χ1v) is 8.61. The smallest absolute Gasteiger partial charge is 0.414 e. The van der Waals surface area contributed by atoms with E-state index in [-0.39, 0.29) is 25.0 Å². The van der Waals surface area contributed by atoms with Crippen molar-refractivity contribution in [3.8, 4) is 11.5 Å². The predicted octanol–water partition coefficient (Wildman–Crippen LogP) is 2.39. The van der Waals surface area contributed by atoms with Crippen molar-refractivity contribution in [3.05, 3.63) is 54.1 Å². The van der Waals surface area contributed by atoms with Crippen molar-refractivity contribution in [2.75, 3.05) is 32.2 Å². The van der Waals surface area contributed by atoms with Gasteiger partial charge in [0.2, 0.25) is 5.91 Å². The van der Waals surface area contributed by atoms with Crippen LogP contribution in [0, 0.1) is 0 Å². The highest BCUT2D eigenvalue weighted by Gasteiger charge is 2.32. The molecule has 27 heavy (non-hydrogen) atoms. The largest absolute Gasteiger partial charge is 0.493 e. The molecule has 0 saturated carbocycles. The minimum atomic E-state index is -0.402. The van der Waals surface area contributed by atoms with Gasteiger partial charge in [-0.1, -0.05) is 24.3 Å². The molecule has 1 aliphatic rings. The van der Waals surface area contributed by atoms with Gasteiger partial charge in [-0.3, -0.25) is 9.69 Å². The molecule has 142 valence electrons. The van der Waals surface area contributed by atoms with Crippen molar-refractivity contribution in [2.45, 2.75) is 12.5 Å². The van der Waals surface area contributed by atoms with Crippen LogP contribution in [-0.4, -0.2) is 45.4 Å². The average Bonchev–Trinajstić information content (AvgIpc) is 3.07. The van der Waals surface area contributed by atoms with E-state index in [1.165, 1.54) is 0 Å². The maximum absolute atomic E-state index is 12.2. The topological polar surface area (TPSA) is 77.1 Å². The second-order valence-electron chi connectivity index (χ2n) is 6.12. The van der Waals surface area contributed by atoms with E-state index in [0.717, 1.165) is 11.3 Å². The van der Waals surface area contributed by atoms with Gasteiger partial charge in [0, 0.05) is 5.69 Å². The van der Waals surface area contributed by atoms with Crippen LogP contribution >= 0.6 is 0 Å². The van der Waals surface area contributed by atoms with Crippen LogP contribution < -0.4 is 19.7 Å². The van der Waals surface area contributed by atoms with Crippen LogP contribution in [0.5, 0.6) is 11.5 Å². The third kappa shape index (κ3) is 4.49. The van der Waals surface area contributed by atoms with Crippen LogP contribution in [0.15, 0.2) is 48.5 Å². The van der Waals surface area contributed by atoms with E-state index in [2.05, 4.69) is 5.32 Å². The number of amides is 2. The number of carbonyl (C=O) groups excluding carboxylic acids is 2. The van der Waals surface area contributed by atoms with Crippen LogP contribution in [-0.2, 0) is 16.0 Å². The minimum Gasteiger partial charge on any atom is -0.493 e. The highest BCUT2D eigenvalue weighted by Crippen LogP contribution is 2.27. The number of benzene rings is 2. The molecule has 1 saturated heterocycles. The van der Waals surface area contributed by atoms with E-state index in [9.17, 15) is 9.59 Å². The molecule has 0 radical (unpaired) electrons. The zero-order chi connectivity index (χ0) is 19.2. The summed E-state index contributed by atoms with van der Waals surface area (Å²) in [6.07, 6.45) is -0.587. The molecule has 2 aromatic rings.